The lowest BCUT2D eigenvalue weighted by molar-refractivity contribution is 0.422. The summed E-state index contributed by atoms with van der Waals surface area (Å²) >= 11 is 4.41. The fraction of sp³-hybridized carbons (Fsp3) is 0.390. The lowest BCUT2D eigenvalue weighted by atomic mass is 9.76. The van der Waals surface area contributed by atoms with Crippen molar-refractivity contribution in [2.75, 3.05) is 0 Å². The molecule has 0 aliphatic rings. The summed E-state index contributed by atoms with van der Waals surface area (Å²) in [6.07, 6.45) is 1.74. The first-order valence-electron chi connectivity index (χ1n) is 16.0. The third-order valence-electron chi connectivity index (χ3n) is 8.50. The third-order valence-corrected chi connectivity index (χ3v) is 9.95. The molecule has 4 nitrogen and oxygen atoms in total. The zero-order chi connectivity index (χ0) is 35.4. The number of aliphatic imine (C=N–C) groups is 1. The minimum atomic E-state index is -0.301. The molecule has 0 fully saturated rings. The Hall–Kier alpha value is -2.59. The third kappa shape index (κ3) is 8.01. The fourth-order valence-electron chi connectivity index (χ4n) is 5.83. The van der Waals surface area contributed by atoms with Crippen LogP contribution < -0.4 is 0 Å². The van der Waals surface area contributed by atoms with Gasteiger partial charge >= 0.3 is 0 Å². The van der Waals surface area contributed by atoms with Crippen molar-refractivity contribution in [3.8, 4) is 39.5 Å². The summed E-state index contributed by atoms with van der Waals surface area (Å²) in [6.45, 7) is 25.4. The van der Waals surface area contributed by atoms with Crippen molar-refractivity contribution >= 4 is 57.1 Å². The van der Waals surface area contributed by atoms with Gasteiger partial charge in [0.2, 0.25) is 0 Å². The second kappa shape index (κ2) is 13.0. The van der Waals surface area contributed by atoms with Gasteiger partial charge in [-0.3, -0.25) is 4.99 Å². The minimum Gasteiger partial charge on any atom is -0.507 e. The highest BCUT2D eigenvalue weighted by atomic mass is 127. The fourth-order valence-corrected chi connectivity index (χ4v) is 7.72. The van der Waals surface area contributed by atoms with Gasteiger partial charge < -0.3 is 15.3 Å². The Kier molecular flexibility index (Phi) is 10.3. The molecule has 0 atom stereocenters. The Morgan fingerprint density at radius 2 is 0.894 bits per heavy atom. The van der Waals surface area contributed by atoms with Gasteiger partial charge in [-0.1, -0.05) is 101 Å². The van der Waals surface area contributed by atoms with Crippen LogP contribution in [-0.2, 0) is 21.7 Å². The van der Waals surface area contributed by atoms with Crippen molar-refractivity contribution in [1.82, 2.24) is 0 Å². The number of phenolic OH excluding ortho intramolecular Hbond substituents is 3. The van der Waals surface area contributed by atoms with Gasteiger partial charge in [0, 0.05) is 48.7 Å². The predicted octanol–water partition coefficient (Wildman–Crippen LogP) is 12.3. The first-order chi connectivity index (χ1) is 21.4. The first-order valence-corrected chi connectivity index (χ1v) is 18.2. The van der Waals surface area contributed by atoms with Gasteiger partial charge in [-0.15, -0.1) is 0 Å². The molecule has 0 saturated carbocycles. The number of rotatable bonds is 4. The zero-order valence-corrected chi connectivity index (χ0v) is 34.1. The summed E-state index contributed by atoms with van der Waals surface area (Å²) in [7, 11) is 0. The maximum Gasteiger partial charge on any atom is 0.137 e. The summed E-state index contributed by atoms with van der Waals surface area (Å²) in [5, 5.41) is 34.0. The van der Waals surface area contributed by atoms with E-state index in [9.17, 15) is 15.3 Å². The van der Waals surface area contributed by atoms with Gasteiger partial charge in [0.15, 0.2) is 0 Å². The van der Waals surface area contributed by atoms with Crippen molar-refractivity contribution in [3.05, 3.63) is 89.6 Å². The van der Waals surface area contributed by atoms with E-state index in [1.807, 2.05) is 12.1 Å². The van der Waals surface area contributed by atoms with Gasteiger partial charge in [-0.25, -0.2) is 0 Å². The van der Waals surface area contributed by atoms with Crippen LogP contribution in [0.25, 0.3) is 22.3 Å². The number of nitrogens with zero attached hydrogens (tertiary/aromatic N) is 1. The number of hydrogen-bond donors (Lipinski definition) is 3. The molecule has 47 heavy (non-hydrogen) atoms. The number of para-hydroxylation sites is 1. The van der Waals surface area contributed by atoms with Crippen molar-refractivity contribution in [1.29, 1.82) is 0 Å². The molecule has 0 radical (unpaired) electrons. The van der Waals surface area contributed by atoms with Gasteiger partial charge in [-0.2, -0.15) is 0 Å². The van der Waals surface area contributed by atoms with Crippen LogP contribution in [0, 0.1) is 7.14 Å². The molecule has 6 heteroatoms. The predicted molar refractivity (Wildman–Crippen MR) is 216 cm³/mol. The van der Waals surface area contributed by atoms with Crippen LogP contribution in [0.4, 0.5) is 5.69 Å². The highest BCUT2D eigenvalue weighted by molar-refractivity contribution is 14.1. The topological polar surface area (TPSA) is 73.1 Å². The number of benzene rings is 4. The summed E-state index contributed by atoms with van der Waals surface area (Å²) in [5.74, 6) is 0.853. The molecule has 4 aromatic rings. The Labute approximate surface area is 309 Å². The molecule has 4 aromatic carbocycles. The summed E-state index contributed by atoms with van der Waals surface area (Å²) in [4.78, 5) is 5.17. The van der Waals surface area contributed by atoms with Gasteiger partial charge in [-0.05, 0) is 114 Å². The Bertz CT molecular complexity index is 1690. The second-order valence-electron chi connectivity index (χ2n) is 16.6. The Morgan fingerprint density at radius 3 is 1.23 bits per heavy atom. The number of halogens is 2. The summed E-state index contributed by atoms with van der Waals surface area (Å²) < 4.78 is 1.77. The number of aromatic hydroxyl groups is 3. The van der Waals surface area contributed by atoms with E-state index in [1.165, 1.54) is 0 Å². The lowest BCUT2D eigenvalue weighted by Crippen LogP contribution is -2.17. The van der Waals surface area contributed by atoms with Crippen LogP contribution >= 0.6 is 45.2 Å². The SMILES string of the molecule is CC(C)(C)c1cc(-c2cccc(-c3cc(C(C)(C)C)c(O)c(C(C)(C)C)c3)c2N=Cc2cc(I)cc(I)c2O)cc(C(C)(C)C)c1O. The molecule has 0 aromatic heterocycles. The van der Waals surface area contributed by atoms with Crippen LogP contribution in [0.15, 0.2) is 59.6 Å². The molecule has 250 valence electrons. The molecule has 0 amide bonds. The average molecular weight is 858 g/mol. The maximum atomic E-state index is 11.5. The van der Waals surface area contributed by atoms with E-state index in [0.29, 0.717) is 17.1 Å². The minimum absolute atomic E-state index is 0.193. The normalized spacial score (nSPS) is 13.1. The highest BCUT2D eigenvalue weighted by Gasteiger charge is 2.30. The molecule has 0 aliphatic carbocycles. The van der Waals surface area contributed by atoms with Crippen molar-refractivity contribution < 1.29 is 15.3 Å². The molecule has 4 rings (SSSR count). The van der Waals surface area contributed by atoms with E-state index in [0.717, 1.165) is 57.3 Å². The smallest absolute Gasteiger partial charge is 0.137 e. The van der Waals surface area contributed by atoms with E-state index >= 15 is 0 Å². The van der Waals surface area contributed by atoms with Crippen LogP contribution in [-0.4, -0.2) is 21.5 Å². The lowest BCUT2D eigenvalue weighted by Gasteiger charge is -2.29. The largest absolute Gasteiger partial charge is 0.507 e. The summed E-state index contributed by atoms with van der Waals surface area (Å²) in [6, 6.07) is 18.4. The van der Waals surface area contributed by atoms with E-state index in [4.69, 9.17) is 4.99 Å². The van der Waals surface area contributed by atoms with Crippen molar-refractivity contribution in [3.63, 3.8) is 0 Å². The van der Waals surface area contributed by atoms with Gasteiger partial charge in [0.05, 0.1) is 9.26 Å². The molecule has 0 heterocycles. The quantitative estimate of drug-likeness (QED) is 0.141. The summed E-state index contributed by atoms with van der Waals surface area (Å²) in [5.41, 5.74) is 7.42. The van der Waals surface area contributed by atoms with Gasteiger partial charge in [0.1, 0.15) is 17.2 Å². The Balaban J connectivity index is 2.17. The van der Waals surface area contributed by atoms with Gasteiger partial charge in [0.25, 0.3) is 0 Å². The average Bonchev–Trinajstić information content (AvgIpc) is 2.91. The van der Waals surface area contributed by atoms with E-state index in [2.05, 4.69) is 171 Å². The zero-order valence-electron chi connectivity index (χ0n) is 29.8. The van der Waals surface area contributed by atoms with Crippen LogP contribution in [0.5, 0.6) is 17.2 Å². The number of hydrogen-bond acceptors (Lipinski definition) is 4. The molecule has 0 saturated heterocycles. The number of phenols is 3. The van der Waals surface area contributed by atoms with Crippen molar-refractivity contribution in [2.45, 2.75) is 105 Å². The van der Waals surface area contributed by atoms with E-state index in [-0.39, 0.29) is 27.4 Å². The van der Waals surface area contributed by atoms with Crippen LogP contribution in [0.2, 0.25) is 0 Å². The first kappa shape index (κ1) is 37.2. The molecule has 0 spiro atoms. The molecule has 0 aliphatic heterocycles. The second-order valence-corrected chi connectivity index (χ2v) is 19.0. The van der Waals surface area contributed by atoms with Crippen LogP contribution in [0.1, 0.15) is 111 Å². The van der Waals surface area contributed by atoms with E-state index < -0.39 is 0 Å². The maximum absolute atomic E-state index is 11.5. The Morgan fingerprint density at radius 1 is 0.532 bits per heavy atom. The molecule has 3 N–H and O–H groups in total. The molecule has 0 bridgehead atoms. The molecular weight excluding hydrogens is 808 g/mol. The standard InChI is InChI=1S/C41H49I2NO3/c1-38(2,3)29-17-23(18-30(36(29)46)39(4,5)6)27-14-13-15-28(34(27)44-22-25-16-26(42)21-33(43)35(25)45)24-19-31(40(7,8)9)37(47)32(20-24)41(10,11)12/h13-22,45-47H,1-12H3. The van der Waals surface area contributed by atoms with Crippen LogP contribution in [0.3, 0.4) is 0 Å². The molecule has 0 unspecified atom stereocenters. The monoisotopic (exact) mass is 857 g/mol. The van der Waals surface area contributed by atoms with Crippen molar-refractivity contribution in [2.24, 2.45) is 4.99 Å². The molecular formula is C41H49I2NO3. The van der Waals surface area contributed by atoms with E-state index in [1.54, 1.807) is 6.21 Å². The highest BCUT2D eigenvalue weighted by Crippen LogP contribution is 2.48.